The van der Waals surface area contributed by atoms with E-state index in [9.17, 15) is 13.2 Å². The van der Waals surface area contributed by atoms with Gasteiger partial charge in [0.05, 0.1) is 16.8 Å². The first-order valence-corrected chi connectivity index (χ1v) is 11.1. The number of carbonyl (C=O) groups is 1. The highest BCUT2D eigenvalue weighted by atomic mass is 79.9. The molecule has 0 fully saturated rings. The quantitative estimate of drug-likeness (QED) is 0.460. The minimum atomic E-state index is -3.72. The summed E-state index contributed by atoms with van der Waals surface area (Å²) in [6.07, 6.45) is 2.96. The Morgan fingerprint density at radius 2 is 1.77 bits per heavy atom. The largest absolute Gasteiger partial charge is 0.439 e. The lowest BCUT2D eigenvalue weighted by molar-refractivity contribution is 0.0958. The lowest BCUT2D eigenvalue weighted by atomic mass is 10.2. The van der Waals surface area contributed by atoms with Crippen LogP contribution in [0.1, 0.15) is 10.4 Å². The zero-order chi connectivity index (χ0) is 21.6. The molecular weight excluding hydrogens is 470 g/mol. The van der Waals surface area contributed by atoms with Crippen molar-refractivity contribution in [1.29, 1.82) is 0 Å². The number of carbonyl (C=O) groups excluding carboxylic acids is 1. The summed E-state index contributed by atoms with van der Waals surface area (Å²) in [6.45, 7) is 3.94. The third-order valence-corrected chi connectivity index (χ3v) is 5.78. The second-order valence-corrected chi connectivity index (χ2v) is 8.67. The number of pyridine rings is 1. The molecule has 0 saturated carbocycles. The first-order chi connectivity index (χ1) is 14.4. The predicted octanol–water partition coefficient (Wildman–Crippen LogP) is 4.35. The van der Waals surface area contributed by atoms with E-state index in [2.05, 4.69) is 37.5 Å². The minimum absolute atomic E-state index is 0.142. The molecule has 3 rings (SSSR count). The topological polar surface area (TPSA) is 97.4 Å². The van der Waals surface area contributed by atoms with Gasteiger partial charge in [0, 0.05) is 22.6 Å². The number of hydrogen-bond acceptors (Lipinski definition) is 5. The molecule has 0 aliphatic rings. The summed E-state index contributed by atoms with van der Waals surface area (Å²) in [4.78, 5) is 16.1. The van der Waals surface area contributed by atoms with Gasteiger partial charge in [-0.2, -0.15) is 0 Å². The van der Waals surface area contributed by atoms with Crippen molar-refractivity contribution in [3.8, 4) is 11.6 Å². The Balaban J connectivity index is 1.64. The van der Waals surface area contributed by atoms with E-state index >= 15 is 0 Å². The van der Waals surface area contributed by atoms with Crippen molar-refractivity contribution in [3.63, 3.8) is 0 Å². The summed E-state index contributed by atoms with van der Waals surface area (Å²) < 4.78 is 33.7. The normalized spacial score (nSPS) is 10.8. The van der Waals surface area contributed by atoms with Crippen LogP contribution in [0.2, 0.25) is 0 Å². The van der Waals surface area contributed by atoms with Gasteiger partial charge in [-0.15, -0.1) is 6.58 Å². The van der Waals surface area contributed by atoms with Gasteiger partial charge in [-0.05, 0) is 54.6 Å². The standard InChI is InChI=1S/C21H18BrN3O4S/c1-2-13-23-21(26)15-3-8-18(9-4-15)29-20-12-7-17(14-24-20)25-30(27,28)19-10-5-16(22)6-11-19/h2-12,14,25H,1,13H2,(H,23,26). The van der Waals surface area contributed by atoms with Crippen molar-refractivity contribution in [1.82, 2.24) is 10.3 Å². The summed E-state index contributed by atoms with van der Waals surface area (Å²) in [5.41, 5.74) is 0.800. The maximum atomic E-state index is 12.4. The van der Waals surface area contributed by atoms with E-state index in [-0.39, 0.29) is 16.7 Å². The number of anilines is 1. The highest BCUT2D eigenvalue weighted by molar-refractivity contribution is 9.10. The Morgan fingerprint density at radius 3 is 2.37 bits per heavy atom. The van der Waals surface area contributed by atoms with Crippen molar-refractivity contribution in [3.05, 3.63) is 89.6 Å². The van der Waals surface area contributed by atoms with Gasteiger partial charge < -0.3 is 10.1 Å². The second kappa shape index (κ2) is 9.55. The fourth-order valence-corrected chi connectivity index (χ4v) is 3.70. The van der Waals surface area contributed by atoms with E-state index in [1.54, 1.807) is 54.6 Å². The smallest absolute Gasteiger partial charge is 0.261 e. The van der Waals surface area contributed by atoms with Gasteiger partial charge in [0.1, 0.15) is 5.75 Å². The molecule has 1 amide bonds. The summed E-state index contributed by atoms with van der Waals surface area (Å²) in [5.74, 6) is 0.568. The van der Waals surface area contributed by atoms with E-state index in [1.165, 1.54) is 18.3 Å². The Morgan fingerprint density at radius 1 is 1.07 bits per heavy atom. The number of aromatic nitrogens is 1. The van der Waals surface area contributed by atoms with Crippen molar-refractivity contribution in [2.75, 3.05) is 11.3 Å². The molecule has 2 aromatic carbocycles. The minimum Gasteiger partial charge on any atom is -0.439 e. The molecule has 0 spiro atoms. The third kappa shape index (κ3) is 5.68. The molecule has 0 aliphatic carbocycles. The number of amides is 1. The van der Waals surface area contributed by atoms with E-state index < -0.39 is 10.0 Å². The van der Waals surface area contributed by atoms with Crippen LogP contribution in [0, 0.1) is 0 Å². The molecule has 154 valence electrons. The average Bonchev–Trinajstić information content (AvgIpc) is 2.74. The van der Waals surface area contributed by atoms with Gasteiger partial charge in [0.2, 0.25) is 5.88 Å². The van der Waals surface area contributed by atoms with Crippen LogP contribution in [-0.2, 0) is 10.0 Å². The maximum Gasteiger partial charge on any atom is 0.261 e. The monoisotopic (exact) mass is 487 g/mol. The van der Waals surface area contributed by atoms with Crippen LogP contribution in [0.15, 0.2) is 88.9 Å². The van der Waals surface area contributed by atoms with Gasteiger partial charge >= 0.3 is 0 Å². The summed E-state index contributed by atoms with van der Waals surface area (Å²) in [5, 5.41) is 2.69. The van der Waals surface area contributed by atoms with Crippen LogP contribution < -0.4 is 14.8 Å². The highest BCUT2D eigenvalue weighted by Gasteiger charge is 2.14. The molecule has 1 aromatic heterocycles. The first-order valence-electron chi connectivity index (χ1n) is 8.79. The van der Waals surface area contributed by atoms with Gasteiger partial charge in [0.25, 0.3) is 15.9 Å². The van der Waals surface area contributed by atoms with Crippen molar-refractivity contribution in [2.24, 2.45) is 0 Å². The molecule has 1 heterocycles. The SMILES string of the molecule is C=CCNC(=O)c1ccc(Oc2ccc(NS(=O)(=O)c3ccc(Br)cc3)cn2)cc1. The van der Waals surface area contributed by atoms with E-state index in [0.29, 0.717) is 23.5 Å². The predicted molar refractivity (Wildman–Crippen MR) is 118 cm³/mol. The Labute approximate surface area is 183 Å². The van der Waals surface area contributed by atoms with E-state index in [1.807, 2.05) is 0 Å². The van der Waals surface area contributed by atoms with Crippen molar-refractivity contribution >= 4 is 37.5 Å². The zero-order valence-electron chi connectivity index (χ0n) is 15.7. The molecule has 0 bridgehead atoms. The number of benzene rings is 2. The average molecular weight is 488 g/mol. The van der Waals surface area contributed by atoms with Gasteiger partial charge in [-0.3, -0.25) is 9.52 Å². The maximum absolute atomic E-state index is 12.4. The molecule has 30 heavy (non-hydrogen) atoms. The lowest BCUT2D eigenvalue weighted by Crippen LogP contribution is -2.22. The van der Waals surface area contributed by atoms with Crippen LogP contribution in [0.5, 0.6) is 11.6 Å². The molecule has 0 radical (unpaired) electrons. The summed E-state index contributed by atoms with van der Waals surface area (Å²) in [6, 6.07) is 16.0. The molecule has 0 aliphatic heterocycles. The van der Waals surface area contributed by atoms with Crippen LogP contribution >= 0.6 is 15.9 Å². The first kappa shape index (κ1) is 21.5. The molecule has 3 aromatic rings. The fourth-order valence-electron chi connectivity index (χ4n) is 2.39. The summed E-state index contributed by atoms with van der Waals surface area (Å²) in [7, 11) is -3.72. The van der Waals surface area contributed by atoms with Crippen LogP contribution in [0.3, 0.4) is 0 Å². The zero-order valence-corrected chi connectivity index (χ0v) is 18.1. The number of rotatable bonds is 8. The van der Waals surface area contributed by atoms with Gasteiger partial charge in [-0.1, -0.05) is 22.0 Å². The van der Waals surface area contributed by atoms with Crippen LogP contribution in [-0.4, -0.2) is 25.9 Å². The number of nitrogens with zero attached hydrogens (tertiary/aromatic N) is 1. The molecule has 0 saturated heterocycles. The van der Waals surface area contributed by atoms with Crippen LogP contribution in [0.4, 0.5) is 5.69 Å². The third-order valence-electron chi connectivity index (χ3n) is 3.86. The molecule has 0 unspecified atom stereocenters. The number of hydrogen-bond donors (Lipinski definition) is 2. The van der Waals surface area contributed by atoms with Crippen LogP contribution in [0.25, 0.3) is 0 Å². The molecule has 0 atom stereocenters. The number of ether oxygens (including phenoxy) is 1. The number of sulfonamides is 1. The van der Waals surface area contributed by atoms with Gasteiger partial charge in [-0.25, -0.2) is 13.4 Å². The van der Waals surface area contributed by atoms with E-state index in [4.69, 9.17) is 4.74 Å². The fraction of sp³-hybridized carbons (Fsp3) is 0.0476. The molecule has 9 heteroatoms. The number of nitrogens with one attached hydrogen (secondary N) is 2. The summed E-state index contributed by atoms with van der Waals surface area (Å²) >= 11 is 3.27. The second-order valence-electron chi connectivity index (χ2n) is 6.07. The van der Waals surface area contributed by atoms with Crippen molar-refractivity contribution in [2.45, 2.75) is 4.90 Å². The van der Waals surface area contributed by atoms with Crippen molar-refractivity contribution < 1.29 is 17.9 Å². The molecule has 7 nitrogen and oxygen atoms in total. The van der Waals surface area contributed by atoms with Gasteiger partial charge in [0.15, 0.2) is 0 Å². The highest BCUT2D eigenvalue weighted by Crippen LogP contribution is 2.23. The Kier molecular flexibility index (Phi) is 6.86. The Hall–Kier alpha value is -3.17. The number of halogens is 1. The Bertz CT molecular complexity index is 1130. The molecular formula is C21H18BrN3O4S. The lowest BCUT2D eigenvalue weighted by Gasteiger charge is -2.09. The van der Waals surface area contributed by atoms with E-state index in [0.717, 1.165) is 4.47 Å². The molecule has 2 N–H and O–H groups in total.